The van der Waals surface area contributed by atoms with Gasteiger partial charge in [0.1, 0.15) is 0 Å². The van der Waals surface area contributed by atoms with Crippen molar-refractivity contribution in [3.63, 3.8) is 0 Å². The molecule has 0 saturated heterocycles. The number of nitrogen functional groups attached to an aromatic ring is 1. The summed E-state index contributed by atoms with van der Waals surface area (Å²) in [5.41, 5.74) is 5.99. The van der Waals surface area contributed by atoms with Gasteiger partial charge >= 0.3 is 29.6 Å². The number of ether oxygens (including phenoxy) is 1. The zero-order valence-electron chi connectivity index (χ0n) is 11.1. The summed E-state index contributed by atoms with van der Waals surface area (Å²) in [5, 5.41) is 7.36. The van der Waals surface area contributed by atoms with E-state index >= 15 is 0 Å². The molecule has 0 amide bonds. The number of hydrogen-bond acceptors (Lipinski definition) is 6. The molecule has 7 nitrogen and oxygen atoms in total. The van der Waals surface area contributed by atoms with Crippen LogP contribution in [0.2, 0.25) is 0 Å². The van der Waals surface area contributed by atoms with Crippen LogP contribution in [0.1, 0.15) is 0 Å². The molecule has 0 aliphatic carbocycles. The fourth-order valence-electron chi connectivity index (χ4n) is 1.33. The van der Waals surface area contributed by atoms with E-state index in [-0.39, 0.29) is 40.3 Å². The van der Waals surface area contributed by atoms with E-state index in [1.807, 2.05) is 0 Å². The molecule has 0 atom stereocenters. The van der Waals surface area contributed by atoms with Crippen LogP contribution < -0.4 is 44.7 Å². The number of methoxy groups -OCH3 is 1. The smallest absolute Gasteiger partial charge is 0.480 e. The van der Waals surface area contributed by atoms with Crippen LogP contribution in [0.5, 0.6) is 5.88 Å². The molecule has 1 aromatic heterocycles. The maximum Gasteiger partial charge on any atom is 1.00 e. The van der Waals surface area contributed by atoms with E-state index in [1.165, 1.54) is 43.5 Å². The molecule has 20 heavy (non-hydrogen) atoms. The summed E-state index contributed by atoms with van der Waals surface area (Å²) in [5.74, 6) is 0.410. The van der Waals surface area contributed by atoms with Crippen molar-refractivity contribution in [3.8, 4) is 5.88 Å². The van der Waals surface area contributed by atoms with Crippen LogP contribution in [0.15, 0.2) is 41.3 Å². The molecule has 0 bridgehead atoms. The molecule has 0 saturated carbocycles. The SMILES string of the molecule is COc1ccc(NS(=O)(=O)c2ccc(N)cc2)nn1.[Na+]. The van der Waals surface area contributed by atoms with E-state index in [0.29, 0.717) is 11.6 Å². The van der Waals surface area contributed by atoms with Crippen molar-refractivity contribution in [2.24, 2.45) is 0 Å². The van der Waals surface area contributed by atoms with E-state index < -0.39 is 10.0 Å². The second-order valence-electron chi connectivity index (χ2n) is 3.64. The minimum atomic E-state index is -3.70. The van der Waals surface area contributed by atoms with E-state index in [0.717, 1.165) is 0 Å². The summed E-state index contributed by atoms with van der Waals surface area (Å²) < 4.78 is 31.2. The van der Waals surface area contributed by atoms with Gasteiger partial charge in [-0.1, -0.05) is 0 Å². The molecule has 1 heterocycles. The topological polar surface area (TPSA) is 107 Å². The second kappa shape index (κ2) is 6.89. The fraction of sp³-hybridized carbons (Fsp3) is 0.0909. The van der Waals surface area contributed by atoms with Gasteiger partial charge in [0.15, 0.2) is 5.82 Å². The van der Waals surface area contributed by atoms with Crippen molar-refractivity contribution < 1.29 is 42.7 Å². The normalized spacial score (nSPS) is 10.4. The number of benzene rings is 1. The first-order valence-corrected chi connectivity index (χ1v) is 6.76. The Bertz CT molecular complexity index is 659. The van der Waals surface area contributed by atoms with Gasteiger partial charge in [-0.05, 0) is 30.3 Å². The van der Waals surface area contributed by atoms with Gasteiger partial charge in [-0.25, -0.2) is 8.42 Å². The molecule has 0 unspecified atom stereocenters. The maximum atomic E-state index is 12.0. The van der Waals surface area contributed by atoms with Crippen molar-refractivity contribution in [1.82, 2.24) is 10.2 Å². The Labute approximate surface area is 138 Å². The summed E-state index contributed by atoms with van der Waals surface area (Å²) in [4.78, 5) is 0.0966. The number of rotatable bonds is 4. The molecule has 2 aromatic rings. The number of aromatic nitrogens is 2. The molecule has 100 valence electrons. The Morgan fingerprint density at radius 3 is 2.25 bits per heavy atom. The third-order valence-electron chi connectivity index (χ3n) is 2.28. The largest absolute Gasteiger partial charge is 1.00 e. The minimum Gasteiger partial charge on any atom is -0.480 e. The summed E-state index contributed by atoms with van der Waals surface area (Å²) >= 11 is 0. The van der Waals surface area contributed by atoms with Crippen molar-refractivity contribution in [2.45, 2.75) is 4.90 Å². The number of nitrogens with zero attached hydrogens (tertiary/aromatic N) is 2. The van der Waals surface area contributed by atoms with Crippen molar-refractivity contribution >= 4 is 21.5 Å². The van der Waals surface area contributed by atoms with Crippen LogP contribution in [0, 0.1) is 0 Å². The summed E-state index contributed by atoms with van der Waals surface area (Å²) in [6, 6.07) is 8.81. The monoisotopic (exact) mass is 303 g/mol. The van der Waals surface area contributed by atoms with Crippen LogP contribution in [0.25, 0.3) is 0 Å². The van der Waals surface area contributed by atoms with Gasteiger partial charge in [0.05, 0.1) is 12.0 Å². The first-order chi connectivity index (χ1) is 9.01. The Balaban J connectivity index is 0.00000200. The van der Waals surface area contributed by atoms with Gasteiger partial charge in [0.2, 0.25) is 5.88 Å². The Morgan fingerprint density at radius 2 is 1.75 bits per heavy atom. The predicted molar refractivity (Wildman–Crippen MR) is 70.2 cm³/mol. The van der Waals surface area contributed by atoms with E-state index in [2.05, 4.69) is 14.9 Å². The van der Waals surface area contributed by atoms with Gasteiger partial charge in [-0.15, -0.1) is 10.2 Å². The molecule has 9 heteroatoms. The zero-order chi connectivity index (χ0) is 13.9. The molecule has 2 rings (SSSR count). The molecule has 0 spiro atoms. The Kier molecular flexibility index (Phi) is 5.75. The van der Waals surface area contributed by atoms with Crippen LogP contribution in [0.4, 0.5) is 11.5 Å². The number of sulfonamides is 1. The van der Waals surface area contributed by atoms with E-state index in [1.54, 1.807) is 0 Å². The van der Waals surface area contributed by atoms with Crippen LogP contribution in [0.3, 0.4) is 0 Å². The predicted octanol–water partition coefficient (Wildman–Crippen LogP) is -2.13. The molecular weight excluding hydrogens is 291 g/mol. The third-order valence-corrected chi connectivity index (χ3v) is 3.65. The molecule has 0 aliphatic rings. The van der Waals surface area contributed by atoms with Crippen LogP contribution in [-0.2, 0) is 10.0 Å². The first-order valence-electron chi connectivity index (χ1n) is 5.27. The molecule has 0 fully saturated rings. The van der Waals surface area contributed by atoms with Gasteiger partial charge in [-0.3, -0.25) is 4.72 Å². The Morgan fingerprint density at radius 1 is 1.10 bits per heavy atom. The number of anilines is 2. The molecule has 0 radical (unpaired) electrons. The molecule has 1 aromatic carbocycles. The van der Waals surface area contributed by atoms with Crippen molar-refractivity contribution in [2.75, 3.05) is 17.6 Å². The second-order valence-corrected chi connectivity index (χ2v) is 5.32. The summed E-state index contributed by atoms with van der Waals surface area (Å²) in [6.45, 7) is 0. The van der Waals surface area contributed by atoms with Crippen LogP contribution in [-0.4, -0.2) is 25.7 Å². The minimum absolute atomic E-state index is 0. The standard InChI is InChI=1S/C11H12N4O3S.Na/c1-18-11-7-6-10(13-14-11)15-19(16,17)9-4-2-8(12)3-5-9;/h2-7H,12H2,1H3,(H,13,15);/q;+1. The van der Waals surface area contributed by atoms with Gasteiger partial charge in [0.25, 0.3) is 10.0 Å². The maximum absolute atomic E-state index is 12.0. The zero-order valence-corrected chi connectivity index (χ0v) is 13.9. The fourth-order valence-corrected chi connectivity index (χ4v) is 2.32. The van der Waals surface area contributed by atoms with E-state index in [4.69, 9.17) is 10.5 Å². The van der Waals surface area contributed by atoms with Gasteiger partial charge < -0.3 is 10.5 Å². The van der Waals surface area contributed by atoms with E-state index in [9.17, 15) is 8.42 Å². The number of nitrogens with two attached hydrogens (primary N) is 1. The van der Waals surface area contributed by atoms with Gasteiger partial charge in [-0.2, -0.15) is 0 Å². The molecular formula is C11H12N4NaO3S+. The van der Waals surface area contributed by atoms with Crippen LogP contribution >= 0.6 is 0 Å². The third kappa shape index (κ3) is 4.07. The Hall–Kier alpha value is -1.35. The molecule has 3 N–H and O–H groups in total. The van der Waals surface area contributed by atoms with Crippen molar-refractivity contribution in [3.05, 3.63) is 36.4 Å². The average molecular weight is 303 g/mol. The number of hydrogen-bond donors (Lipinski definition) is 2. The average Bonchev–Trinajstić information content (AvgIpc) is 2.40. The first kappa shape index (κ1) is 16.7. The quantitative estimate of drug-likeness (QED) is 0.494. The summed E-state index contributed by atoms with van der Waals surface area (Å²) in [7, 11) is -2.25. The van der Waals surface area contributed by atoms with Crippen molar-refractivity contribution in [1.29, 1.82) is 0 Å². The summed E-state index contributed by atoms with van der Waals surface area (Å²) in [6.07, 6.45) is 0. The number of nitrogens with one attached hydrogen (secondary N) is 1. The molecule has 0 aliphatic heterocycles. The van der Waals surface area contributed by atoms with Gasteiger partial charge in [0, 0.05) is 11.8 Å².